The maximum Gasteiger partial charge on any atom is 0.339 e. The van der Waals surface area contributed by atoms with Gasteiger partial charge in [0.05, 0.1) is 6.26 Å². The zero-order valence-electron chi connectivity index (χ0n) is 7.04. The van der Waals surface area contributed by atoms with Crippen molar-refractivity contribution in [1.29, 1.82) is 0 Å². The summed E-state index contributed by atoms with van der Waals surface area (Å²) in [7, 11) is 0. The van der Waals surface area contributed by atoms with E-state index in [0.29, 0.717) is 17.7 Å². The van der Waals surface area contributed by atoms with Crippen molar-refractivity contribution < 1.29 is 14.3 Å². The van der Waals surface area contributed by atoms with Crippen molar-refractivity contribution in [2.24, 2.45) is 0 Å². The highest BCUT2D eigenvalue weighted by molar-refractivity contribution is 5.88. The number of carbonyl (C=O) groups is 1. The summed E-state index contributed by atoms with van der Waals surface area (Å²) in [5.41, 5.74) is 0.295. The van der Waals surface area contributed by atoms with E-state index in [2.05, 4.69) is 6.92 Å². The number of hydrogen-bond donors (Lipinski definition) is 1. The van der Waals surface area contributed by atoms with Crippen LogP contribution >= 0.6 is 0 Å². The standard InChI is InChI=1S/C9H12O3/c1-2-3-4-8-7(9(10)11)5-6-12-8/h5-6H,2-4H2,1H3,(H,10,11). The second kappa shape index (κ2) is 3.95. The number of furan rings is 1. The lowest BCUT2D eigenvalue weighted by Crippen LogP contribution is -1.98. The molecule has 66 valence electrons. The smallest absolute Gasteiger partial charge is 0.339 e. The Bertz CT molecular complexity index is 262. The fourth-order valence-corrected chi connectivity index (χ4v) is 1.06. The topological polar surface area (TPSA) is 50.4 Å². The fraction of sp³-hybridized carbons (Fsp3) is 0.444. The number of carboxylic acid groups (broad SMARTS) is 1. The number of hydrogen-bond acceptors (Lipinski definition) is 2. The summed E-state index contributed by atoms with van der Waals surface area (Å²) >= 11 is 0. The summed E-state index contributed by atoms with van der Waals surface area (Å²) in [6.45, 7) is 2.06. The molecule has 0 amide bonds. The quantitative estimate of drug-likeness (QED) is 0.750. The Labute approximate surface area is 71.0 Å². The van der Waals surface area contributed by atoms with Gasteiger partial charge >= 0.3 is 5.97 Å². The average molecular weight is 168 g/mol. The van der Waals surface area contributed by atoms with E-state index < -0.39 is 5.97 Å². The first-order valence-electron chi connectivity index (χ1n) is 4.05. The third-order valence-corrected chi connectivity index (χ3v) is 1.73. The lowest BCUT2D eigenvalue weighted by molar-refractivity contribution is 0.0694. The van der Waals surface area contributed by atoms with Crippen LogP contribution < -0.4 is 0 Å². The Morgan fingerprint density at radius 1 is 1.67 bits per heavy atom. The van der Waals surface area contributed by atoms with Gasteiger partial charge in [-0.25, -0.2) is 4.79 Å². The van der Waals surface area contributed by atoms with Gasteiger partial charge in [0.1, 0.15) is 11.3 Å². The van der Waals surface area contributed by atoms with Crippen molar-refractivity contribution in [3.8, 4) is 0 Å². The van der Waals surface area contributed by atoms with Gasteiger partial charge in [-0.15, -0.1) is 0 Å². The molecule has 0 aromatic carbocycles. The highest BCUT2D eigenvalue weighted by Crippen LogP contribution is 2.13. The van der Waals surface area contributed by atoms with Crippen molar-refractivity contribution in [2.45, 2.75) is 26.2 Å². The fourth-order valence-electron chi connectivity index (χ4n) is 1.06. The Morgan fingerprint density at radius 3 is 3.00 bits per heavy atom. The predicted molar refractivity (Wildman–Crippen MR) is 44.3 cm³/mol. The van der Waals surface area contributed by atoms with Crippen LogP contribution in [-0.2, 0) is 6.42 Å². The molecule has 1 aromatic rings. The van der Waals surface area contributed by atoms with E-state index in [1.807, 2.05) is 0 Å². The summed E-state index contributed by atoms with van der Waals surface area (Å²) in [6, 6.07) is 1.49. The summed E-state index contributed by atoms with van der Waals surface area (Å²) in [6.07, 6.45) is 4.15. The molecule has 12 heavy (non-hydrogen) atoms. The third-order valence-electron chi connectivity index (χ3n) is 1.73. The van der Waals surface area contributed by atoms with E-state index in [1.54, 1.807) is 0 Å². The third kappa shape index (κ3) is 1.87. The van der Waals surface area contributed by atoms with Crippen molar-refractivity contribution >= 4 is 5.97 Å². The molecule has 0 bridgehead atoms. The minimum atomic E-state index is -0.908. The van der Waals surface area contributed by atoms with E-state index in [9.17, 15) is 4.79 Å². The van der Waals surface area contributed by atoms with Gasteiger partial charge < -0.3 is 9.52 Å². The second-order valence-electron chi connectivity index (χ2n) is 2.67. The molecular weight excluding hydrogens is 156 g/mol. The molecule has 0 atom stereocenters. The average Bonchev–Trinajstić information content (AvgIpc) is 2.48. The van der Waals surface area contributed by atoms with Gasteiger partial charge in [-0.05, 0) is 12.5 Å². The first-order chi connectivity index (χ1) is 5.75. The molecule has 0 radical (unpaired) electrons. The SMILES string of the molecule is CCCCc1occc1C(=O)O. The molecule has 0 spiro atoms. The van der Waals surface area contributed by atoms with Gasteiger partial charge in [0, 0.05) is 6.42 Å². The summed E-state index contributed by atoms with van der Waals surface area (Å²) in [4.78, 5) is 10.6. The molecule has 1 aromatic heterocycles. The van der Waals surface area contributed by atoms with E-state index in [4.69, 9.17) is 9.52 Å². The molecule has 0 unspecified atom stereocenters. The van der Waals surface area contributed by atoms with E-state index in [1.165, 1.54) is 12.3 Å². The van der Waals surface area contributed by atoms with Gasteiger partial charge in [-0.1, -0.05) is 13.3 Å². The monoisotopic (exact) mass is 168 g/mol. The Kier molecular flexibility index (Phi) is 2.91. The van der Waals surface area contributed by atoms with Crippen molar-refractivity contribution in [3.05, 3.63) is 23.7 Å². The van der Waals surface area contributed by atoms with Gasteiger partial charge in [0.25, 0.3) is 0 Å². The van der Waals surface area contributed by atoms with Crippen LogP contribution in [0.4, 0.5) is 0 Å². The van der Waals surface area contributed by atoms with Gasteiger partial charge in [0.15, 0.2) is 0 Å². The first-order valence-corrected chi connectivity index (χ1v) is 4.05. The maximum atomic E-state index is 10.6. The number of carboxylic acids is 1. The zero-order chi connectivity index (χ0) is 8.97. The van der Waals surface area contributed by atoms with Crippen LogP contribution in [0.5, 0.6) is 0 Å². The lowest BCUT2D eigenvalue weighted by Gasteiger charge is -1.95. The molecule has 0 saturated heterocycles. The number of unbranched alkanes of at least 4 members (excludes halogenated alkanes) is 1. The van der Waals surface area contributed by atoms with Crippen LogP contribution in [0, 0.1) is 0 Å². The van der Waals surface area contributed by atoms with Gasteiger partial charge in [-0.2, -0.15) is 0 Å². The van der Waals surface area contributed by atoms with Crippen LogP contribution in [0.2, 0.25) is 0 Å². The van der Waals surface area contributed by atoms with Crippen LogP contribution in [0.15, 0.2) is 16.7 Å². The van der Waals surface area contributed by atoms with Crippen LogP contribution in [0.25, 0.3) is 0 Å². The Balaban J connectivity index is 2.70. The molecule has 0 aliphatic rings. The van der Waals surface area contributed by atoms with Crippen LogP contribution in [0.1, 0.15) is 35.9 Å². The van der Waals surface area contributed by atoms with Crippen LogP contribution in [-0.4, -0.2) is 11.1 Å². The van der Waals surface area contributed by atoms with Crippen LogP contribution in [0.3, 0.4) is 0 Å². The molecule has 3 heteroatoms. The lowest BCUT2D eigenvalue weighted by atomic mass is 10.1. The van der Waals surface area contributed by atoms with Crippen molar-refractivity contribution in [2.75, 3.05) is 0 Å². The molecule has 1 rings (SSSR count). The van der Waals surface area contributed by atoms with Gasteiger partial charge in [0.2, 0.25) is 0 Å². The zero-order valence-corrected chi connectivity index (χ0v) is 7.04. The van der Waals surface area contributed by atoms with E-state index >= 15 is 0 Å². The summed E-state index contributed by atoms with van der Waals surface area (Å²) in [5.74, 6) is -0.320. The number of aryl methyl sites for hydroxylation is 1. The highest BCUT2D eigenvalue weighted by Gasteiger charge is 2.11. The van der Waals surface area contributed by atoms with E-state index in [-0.39, 0.29) is 0 Å². The minimum Gasteiger partial charge on any atom is -0.478 e. The first kappa shape index (κ1) is 8.84. The van der Waals surface area contributed by atoms with E-state index in [0.717, 1.165) is 12.8 Å². The molecule has 0 aliphatic carbocycles. The molecule has 0 aliphatic heterocycles. The second-order valence-corrected chi connectivity index (χ2v) is 2.67. The minimum absolute atomic E-state index is 0.295. The normalized spacial score (nSPS) is 10.1. The largest absolute Gasteiger partial charge is 0.478 e. The summed E-state index contributed by atoms with van der Waals surface area (Å²) < 4.78 is 5.05. The van der Waals surface area contributed by atoms with Gasteiger partial charge in [-0.3, -0.25) is 0 Å². The Hall–Kier alpha value is -1.25. The van der Waals surface area contributed by atoms with Crippen molar-refractivity contribution in [3.63, 3.8) is 0 Å². The number of rotatable bonds is 4. The number of aromatic carboxylic acids is 1. The van der Waals surface area contributed by atoms with Crippen molar-refractivity contribution in [1.82, 2.24) is 0 Å². The summed E-state index contributed by atoms with van der Waals surface area (Å²) in [5, 5.41) is 8.69. The predicted octanol–water partition coefficient (Wildman–Crippen LogP) is 2.32. The Morgan fingerprint density at radius 2 is 2.42 bits per heavy atom. The molecule has 3 nitrogen and oxygen atoms in total. The molecule has 0 fully saturated rings. The molecule has 1 N–H and O–H groups in total. The molecule has 0 saturated carbocycles. The highest BCUT2D eigenvalue weighted by atomic mass is 16.4. The molecule has 1 heterocycles. The maximum absolute atomic E-state index is 10.6. The molecular formula is C9H12O3.